The van der Waals surface area contributed by atoms with E-state index in [-0.39, 0.29) is 29.7 Å². The maximum atomic E-state index is 14.4. The molecule has 3 rings (SSSR count). The topological polar surface area (TPSA) is 71.0 Å². The van der Waals surface area contributed by atoms with Gasteiger partial charge in [-0.05, 0) is 18.6 Å². The molecule has 1 aliphatic heterocycles. The van der Waals surface area contributed by atoms with Gasteiger partial charge >= 0.3 is 0 Å². The molecule has 114 valence electrons. The maximum Gasteiger partial charge on any atom is 0.241 e. The lowest BCUT2D eigenvalue weighted by molar-refractivity contribution is -0.132. The number of pyridine rings is 1. The monoisotopic (exact) mass is 305 g/mol. The first-order chi connectivity index (χ1) is 10.7. The number of halogens is 2. The Hall–Kier alpha value is -2.64. The smallest absolute Gasteiger partial charge is 0.241 e. The van der Waals surface area contributed by atoms with Crippen LogP contribution < -0.4 is 5.32 Å². The van der Waals surface area contributed by atoms with Crippen molar-refractivity contribution in [2.75, 3.05) is 25.0 Å². The van der Waals surface area contributed by atoms with Gasteiger partial charge in [0.1, 0.15) is 17.7 Å². The van der Waals surface area contributed by atoms with Gasteiger partial charge in [0.2, 0.25) is 5.91 Å². The summed E-state index contributed by atoms with van der Waals surface area (Å²) in [5, 5.41) is 2.62. The van der Waals surface area contributed by atoms with Gasteiger partial charge < -0.3 is 10.2 Å². The van der Waals surface area contributed by atoms with E-state index < -0.39 is 11.6 Å². The van der Waals surface area contributed by atoms with Crippen molar-refractivity contribution in [3.63, 3.8) is 0 Å². The van der Waals surface area contributed by atoms with Gasteiger partial charge in [-0.15, -0.1) is 0 Å². The molecule has 0 unspecified atom stereocenters. The van der Waals surface area contributed by atoms with Crippen molar-refractivity contribution in [3.05, 3.63) is 36.3 Å². The summed E-state index contributed by atoms with van der Waals surface area (Å²) in [5.74, 6) is -1.79. The highest BCUT2D eigenvalue weighted by molar-refractivity contribution is 5.81. The number of likely N-dealkylation sites (tertiary alicyclic amines) is 1. The highest BCUT2D eigenvalue weighted by atomic mass is 19.1. The molecular weight excluding hydrogens is 292 g/mol. The lowest BCUT2D eigenvalue weighted by Crippen LogP contribution is -2.44. The molecule has 1 saturated heterocycles. The van der Waals surface area contributed by atoms with Crippen LogP contribution in [-0.4, -0.2) is 45.4 Å². The van der Waals surface area contributed by atoms with Gasteiger partial charge in [0.15, 0.2) is 17.5 Å². The molecule has 3 heterocycles. The number of hydrogen-bond donors (Lipinski definition) is 1. The van der Waals surface area contributed by atoms with E-state index in [0.29, 0.717) is 0 Å². The van der Waals surface area contributed by atoms with E-state index in [1.54, 1.807) is 4.90 Å². The number of hydrogen-bond acceptors (Lipinski definition) is 5. The molecule has 0 bridgehead atoms. The van der Waals surface area contributed by atoms with Gasteiger partial charge in [-0.25, -0.2) is 18.7 Å². The second-order valence-electron chi connectivity index (χ2n) is 4.81. The molecule has 8 heteroatoms. The molecule has 0 radical (unpaired) electrons. The molecule has 0 saturated carbocycles. The second-order valence-corrected chi connectivity index (χ2v) is 4.81. The number of nitrogens with zero attached hydrogens (tertiary/aromatic N) is 4. The Morgan fingerprint density at radius 1 is 1.23 bits per heavy atom. The molecule has 1 amide bonds. The minimum absolute atomic E-state index is 0.0714. The van der Waals surface area contributed by atoms with Crippen molar-refractivity contribution in [3.8, 4) is 11.4 Å². The molecule has 1 aliphatic rings. The molecular formula is C14H13F2N5O. The largest absolute Gasteiger partial charge is 0.358 e. The van der Waals surface area contributed by atoms with E-state index in [9.17, 15) is 13.6 Å². The van der Waals surface area contributed by atoms with E-state index in [1.807, 2.05) is 0 Å². The summed E-state index contributed by atoms with van der Waals surface area (Å²) in [4.78, 5) is 24.7. The lowest BCUT2D eigenvalue weighted by atomic mass is 10.2. The van der Waals surface area contributed by atoms with Gasteiger partial charge in [-0.2, -0.15) is 0 Å². The third-order valence-electron chi connectivity index (χ3n) is 3.39. The Bertz CT molecular complexity index is 705. The van der Waals surface area contributed by atoms with Crippen LogP contribution in [0, 0.1) is 11.6 Å². The van der Waals surface area contributed by atoms with Crippen molar-refractivity contribution in [2.45, 2.75) is 6.42 Å². The van der Waals surface area contributed by atoms with Crippen molar-refractivity contribution >= 4 is 11.7 Å². The van der Waals surface area contributed by atoms with Gasteiger partial charge in [-0.1, -0.05) is 0 Å². The Labute approximate surface area is 125 Å². The van der Waals surface area contributed by atoms with Crippen molar-refractivity contribution in [1.82, 2.24) is 19.9 Å². The van der Waals surface area contributed by atoms with Crippen LogP contribution in [-0.2, 0) is 4.79 Å². The Kier molecular flexibility index (Phi) is 3.90. The molecule has 0 aliphatic carbocycles. The molecule has 1 fully saturated rings. The molecule has 0 aromatic carbocycles. The van der Waals surface area contributed by atoms with Gasteiger partial charge in [0.25, 0.3) is 0 Å². The average molecular weight is 305 g/mol. The standard InChI is InChI=1S/C14H13F2N5O/c15-9-3-1-4-17-12(9)13-11(16)14(20-8-19-13)18-7-10(22)21-5-2-6-21/h1,3-4,8H,2,5-7H2,(H,18,19,20). The number of carbonyl (C=O) groups excluding carboxylic acids is 1. The number of anilines is 1. The minimum Gasteiger partial charge on any atom is -0.358 e. The molecule has 1 N–H and O–H groups in total. The van der Waals surface area contributed by atoms with Crippen molar-refractivity contribution in [1.29, 1.82) is 0 Å². The lowest BCUT2D eigenvalue weighted by Gasteiger charge is -2.30. The minimum atomic E-state index is -0.837. The normalized spacial score (nSPS) is 13.6. The molecule has 2 aromatic rings. The Morgan fingerprint density at radius 3 is 2.73 bits per heavy atom. The van der Waals surface area contributed by atoms with Gasteiger partial charge in [0.05, 0.1) is 6.54 Å². The average Bonchev–Trinajstić information content (AvgIpc) is 2.45. The highest BCUT2D eigenvalue weighted by Crippen LogP contribution is 2.24. The number of carbonyl (C=O) groups is 1. The predicted molar refractivity (Wildman–Crippen MR) is 74.9 cm³/mol. The van der Waals surface area contributed by atoms with Gasteiger partial charge in [0, 0.05) is 19.3 Å². The molecule has 22 heavy (non-hydrogen) atoms. The summed E-state index contributed by atoms with van der Waals surface area (Å²) >= 11 is 0. The van der Waals surface area contributed by atoms with E-state index in [0.717, 1.165) is 25.8 Å². The van der Waals surface area contributed by atoms with Crippen LogP contribution >= 0.6 is 0 Å². The molecule has 0 atom stereocenters. The first-order valence-corrected chi connectivity index (χ1v) is 6.80. The summed E-state index contributed by atoms with van der Waals surface area (Å²) in [6.45, 7) is 1.37. The zero-order valence-electron chi connectivity index (χ0n) is 11.6. The summed E-state index contributed by atoms with van der Waals surface area (Å²) < 4.78 is 28.1. The number of rotatable bonds is 4. The van der Waals surface area contributed by atoms with Crippen LogP contribution in [0.2, 0.25) is 0 Å². The molecule has 2 aromatic heterocycles. The summed E-state index contributed by atoms with van der Waals surface area (Å²) in [5.41, 5.74) is -0.438. The van der Waals surface area contributed by atoms with Crippen LogP contribution in [0.4, 0.5) is 14.6 Å². The zero-order chi connectivity index (χ0) is 15.5. The summed E-state index contributed by atoms with van der Waals surface area (Å²) in [6.07, 6.45) is 3.43. The Balaban J connectivity index is 1.80. The Morgan fingerprint density at radius 2 is 2.05 bits per heavy atom. The second kappa shape index (κ2) is 6.00. The van der Waals surface area contributed by atoms with Crippen molar-refractivity contribution < 1.29 is 13.6 Å². The third kappa shape index (κ3) is 2.72. The maximum absolute atomic E-state index is 14.4. The van der Waals surface area contributed by atoms with E-state index >= 15 is 0 Å². The van der Waals surface area contributed by atoms with E-state index in [4.69, 9.17) is 0 Å². The first kappa shape index (κ1) is 14.3. The number of nitrogens with one attached hydrogen (secondary N) is 1. The number of amides is 1. The quantitative estimate of drug-likeness (QED) is 0.926. The van der Waals surface area contributed by atoms with Crippen LogP contribution in [0.1, 0.15) is 6.42 Å². The third-order valence-corrected chi connectivity index (χ3v) is 3.39. The fourth-order valence-electron chi connectivity index (χ4n) is 2.05. The first-order valence-electron chi connectivity index (χ1n) is 6.80. The summed E-state index contributed by atoms with van der Waals surface area (Å²) in [6, 6.07) is 2.58. The van der Waals surface area contributed by atoms with Gasteiger partial charge in [-0.3, -0.25) is 9.78 Å². The number of aromatic nitrogens is 3. The van der Waals surface area contributed by atoms with Crippen LogP contribution in [0.25, 0.3) is 11.4 Å². The van der Waals surface area contributed by atoms with Crippen molar-refractivity contribution in [2.24, 2.45) is 0 Å². The zero-order valence-corrected chi connectivity index (χ0v) is 11.6. The van der Waals surface area contributed by atoms with Crippen LogP contribution in [0.5, 0.6) is 0 Å². The SMILES string of the molecule is O=C(CNc1ncnc(-c2ncccc2F)c1F)N1CCC1. The fourth-order valence-corrected chi connectivity index (χ4v) is 2.05. The molecule has 0 spiro atoms. The molecule has 6 nitrogen and oxygen atoms in total. The van der Waals surface area contributed by atoms with E-state index in [2.05, 4.69) is 20.3 Å². The van der Waals surface area contributed by atoms with Crippen LogP contribution in [0.15, 0.2) is 24.7 Å². The van der Waals surface area contributed by atoms with Crippen LogP contribution in [0.3, 0.4) is 0 Å². The predicted octanol–water partition coefficient (Wildman–Crippen LogP) is 1.46. The fraction of sp³-hybridized carbons (Fsp3) is 0.286. The summed E-state index contributed by atoms with van der Waals surface area (Å²) in [7, 11) is 0. The highest BCUT2D eigenvalue weighted by Gasteiger charge is 2.21. The van der Waals surface area contributed by atoms with E-state index in [1.165, 1.54) is 18.3 Å².